The Kier molecular flexibility index (Phi) is 5.71. The third-order valence-electron chi connectivity index (χ3n) is 4.84. The molecule has 0 unspecified atom stereocenters. The summed E-state index contributed by atoms with van der Waals surface area (Å²) >= 11 is 0. The Hall–Kier alpha value is -2.63. The van der Waals surface area contributed by atoms with Gasteiger partial charge in [0.05, 0.1) is 24.9 Å². The van der Waals surface area contributed by atoms with Crippen molar-refractivity contribution in [2.24, 2.45) is 0 Å². The summed E-state index contributed by atoms with van der Waals surface area (Å²) in [4.78, 5) is 31.9. The number of H-pyrrole nitrogens is 1. The molecule has 0 aliphatic heterocycles. The van der Waals surface area contributed by atoms with Gasteiger partial charge in [0.25, 0.3) is 11.5 Å². The van der Waals surface area contributed by atoms with Crippen molar-refractivity contribution in [3.05, 3.63) is 57.3 Å². The molecule has 26 heavy (non-hydrogen) atoms. The zero-order valence-corrected chi connectivity index (χ0v) is 15.3. The molecule has 1 fully saturated rings. The lowest BCUT2D eigenvalue weighted by Crippen LogP contribution is -2.26. The van der Waals surface area contributed by atoms with Gasteiger partial charge in [-0.1, -0.05) is 25.3 Å². The predicted octanol–water partition coefficient (Wildman–Crippen LogP) is 3.06. The summed E-state index contributed by atoms with van der Waals surface area (Å²) in [5.41, 5.74) is 1.90. The number of nitrogens with zero attached hydrogens (tertiary/aromatic N) is 1. The van der Waals surface area contributed by atoms with Gasteiger partial charge in [0, 0.05) is 12.0 Å². The summed E-state index contributed by atoms with van der Waals surface area (Å²) in [6.07, 6.45) is 5.69. The van der Waals surface area contributed by atoms with E-state index in [9.17, 15) is 9.59 Å². The second-order valence-corrected chi connectivity index (χ2v) is 6.84. The number of rotatable bonds is 5. The van der Waals surface area contributed by atoms with Crippen LogP contribution in [0.1, 0.15) is 65.5 Å². The third-order valence-corrected chi connectivity index (χ3v) is 4.84. The molecule has 6 nitrogen and oxygen atoms in total. The van der Waals surface area contributed by atoms with Gasteiger partial charge < -0.3 is 15.0 Å². The zero-order chi connectivity index (χ0) is 18.5. The molecule has 0 radical (unpaired) electrons. The number of carbonyl (C=O) groups is 1. The van der Waals surface area contributed by atoms with Crippen molar-refractivity contribution in [3.63, 3.8) is 0 Å². The average molecular weight is 355 g/mol. The minimum Gasteiger partial charge on any atom is -0.496 e. The van der Waals surface area contributed by atoms with Gasteiger partial charge in [0.15, 0.2) is 0 Å². The van der Waals surface area contributed by atoms with Crippen molar-refractivity contribution in [2.75, 3.05) is 7.11 Å². The summed E-state index contributed by atoms with van der Waals surface area (Å²) in [5, 5.41) is 2.83. The number of aryl methyl sites for hydroxylation is 1. The maximum absolute atomic E-state index is 12.5. The third kappa shape index (κ3) is 4.31. The van der Waals surface area contributed by atoms with Crippen LogP contribution in [0, 0.1) is 6.92 Å². The second-order valence-electron chi connectivity index (χ2n) is 6.84. The molecule has 0 atom stereocenters. The predicted molar refractivity (Wildman–Crippen MR) is 99.6 cm³/mol. The van der Waals surface area contributed by atoms with Crippen molar-refractivity contribution in [3.8, 4) is 5.75 Å². The van der Waals surface area contributed by atoms with E-state index in [0.29, 0.717) is 22.9 Å². The number of benzene rings is 1. The van der Waals surface area contributed by atoms with Gasteiger partial charge in [-0.2, -0.15) is 0 Å². The van der Waals surface area contributed by atoms with Crippen molar-refractivity contribution in [1.82, 2.24) is 15.3 Å². The van der Waals surface area contributed by atoms with Crippen LogP contribution in [0.25, 0.3) is 0 Å². The molecule has 1 aliphatic rings. The normalized spacial score (nSPS) is 14.8. The fourth-order valence-corrected chi connectivity index (χ4v) is 3.44. The minimum atomic E-state index is -0.247. The maximum atomic E-state index is 12.5. The number of methoxy groups -OCH3 is 1. The van der Waals surface area contributed by atoms with Gasteiger partial charge in [-0.05, 0) is 37.5 Å². The summed E-state index contributed by atoms with van der Waals surface area (Å²) in [6.45, 7) is 2.15. The maximum Gasteiger partial charge on any atom is 0.255 e. The van der Waals surface area contributed by atoms with E-state index in [2.05, 4.69) is 15.3 Å². The summed E-state index contributed by atoms with van der Waals surface area (Å²) < 4.78 is 5.29. The summed E-state index contributed by atoms with van der Waals surface area (Å²) in [6, 6.07) is 6.87. The molecule has 0 saturated heterocycles. The van der Waals surface area contributed by atoms with Gasteiger partial charge in [0.2, 0.25) is 0 Å². The van der Waals surface area contributed by atoms with Crippen LogP contribution in [-0.4, -0.2) is 23.0 Å². The van der Waals surface area contributed by atoms with Crippen LogP contribution in [0.5, 0.6) is 5.75 Å². The van der Waals surface area contributed by atoms with E-state index in [1.807, 2.05) is 19.1 Å². The highest BCUT2D eigenvalue weighted by Crippen LogP contribution is 2.30. The molecule has 1 amide bonds. The summed E-state index contributed by atoms with van der Waals surface area (Å²) in [5.74, 6) is 1.34. The molecule has 0 bridgehead atoms. The molecule has 2 aromatic rings. The van der Waals surface area contributed by atoms with E-state index < -0.39 is 0 Å². The van der Waals surface area contributed by atoms with E-state index >= 15 is 0 Å². The monoisotopic (exact) mass is 355 g/mol. The largest absolute Gasteiger partial charge is 0.496 e. The molecule has 2 N–H and O–H groups in total. The van der Waals surface area contributed by atoms with Crippen molar-refractivity contribution < 1.29 is 9.53 Å². The van der Waals surface area contributed by atoms with Crippen LogP contribution in [0.2, 0.25) is 0 Å². The highest BCUT2D eigenvalue weighted by molar-refractivity contribution is 5.96. The first kappa shape index (κ1) is 18.2. The molecular weight excluding hydrogens is 330 g/mol. The standard InChI is InChI=1S/C20H25N3O3/c1-13-8-9-16(17(10-13)26-2)20(25)21-12-15-11-18(24)23-19(22-15)14-6-4-3-5-7-14/h8-11,14H,3-7,12H2,1-2H3,(H,21,25)(H,22,23,24). The number of nitrogens with one attached hydrogen (secondary N) is 2. The molecular formula is C20H25N3O3. The fourth-order valence-electron chi connectivity index (χ4n) is 3.44. The molecule has 1 aromatic heterocycles. The lowest BCUT2D eigenvalue weighted by molar-refractivity contribution is 0.0947. The Morgan fingerprint density at radius 1 is 1.27 bits per heavy atom. The molecule has 0 spiro atoms. The van der Waals surface area contributed by atoms with Gasteiger partial charge in [0.1, 0.15) is 11.6 Å². The Morgan fingerprint density at radius 2 is 2.04 bits per heavy atom. The van der Waals surface area contributed by atoms with Crippen LogP contribution in [0.15, 0.2) is 29.1 Å². The number of hydrogen-bond acceptors (Lipinski definition) is 4. The first-order chi connectivity index (χ1) is 12.6. The highest BCUT2D eigenvalue weighted by Gasteiger charge is 2.19. The van der Waals surface area contributed by atoms with E-state index in [1.54, 1.807) is 13.2 Å². The average Bonchev–Trinajstić information content (AvgIpc) is 2.66. The molecule has 3 rings (SSSR count). The van der Waals surface area contributed by atoms with Crippen LogP contribution >= 0.6 is 0 Å². The Labute approximate surface area is 153 Å². The number of ether oxygens (including phenoxy) is 1. The molecule has 6 heteroatoms. The van der Waals surface area contributed by atoms with E-state index in [-0.39, 0.29) is 18.0 Å². The smallest absolute Gasteiger partial charge is 0.255 e. The van der Waals surface area contributed by atoms with Gasteiger partial charge in [-0.3, -0.25) is 9.59 Å². The first-order valence-electron chi connectivity index (χ1n) is 9.10. The van der Waals surface area contributed by atoms with Crippen LogP contribution < -0.4 is 15.6 Å². The van der Waals surface area contributed by atoms with Crippen molar-refractivity contribution in [1.29, 1.82) is 0 Å². The van der Waals surface area contributed by atoms with Crippen LogP contribution in [0.3, 0.4) is 0 Å². The van der Waals surface area contributed by atoms with Crippen molar-refractivity contribution in [2.45, 2.75) is 51.5 Å². The van der Waals surface area contributed by atoms with Crippen LogP contribution in [-0.2, 0) is 6.54 Å². The number of aromatic nitrogens is 2. The zero-order valence-electron chi connectivity index (χ0n) is 15.3. The number of amides is 1. The lowest BCUT2D eigenvalue weighted by atomic mass is 9.88. The van der Waals surface area contributed by atoms with Gasteiger partial charge in [-0.15, -0.1) is 0 Å². The quantitative estimate of drug-likeness (QED) is 0.863. The van der Waals surface area contributed by atoms with Gasteiger partial charge in [-0.25, -0.2) is 4.98 Å². The fraction of sp³-hybridized carbons (Fsp3) is 0.450. The molecule has 1 aliphatic carbocycles. The number of aromatic amines is 1. The van der Waals surface area contributed by atoms with Crippen molar-refractivity contribution >= 4 is 5.91 Å². The van der Waals surface area contributed by atoms with E-state index in [0.717, 1.165) is 24.2 Å². The second kappa shape index (κ2) is 8.17. The van der Waals surface area contributed by atoms with E-state index in [4.69, 9.17) is 4.74 Å². The highest BCUT2D eigenvalue weighted by atomic mass is 16.5. The topological polar surface area (TPSA) is 84.1 Å². The Balaban J connectivity index is 1.72. The SMILES string of the molecule is COc1cc(C)ccc1C(=O)NCc1cc(=O)[nH]c(C2CCCCC2)n1. The van der Waals surface area contributed by atoms with Crippen LogP contribution in [0.4, 0.5) is 0 Å². The first-order valence-corrected chi connectivity index (χ1v) is 9.10. The van der Waals surface area contributed by atoms with Gasteiger partial charge >= 0.3 is 0 Å². The minimum absolute atomic E-state index is 0.169. The molecule has 1 saturated carbocycles. The Morgan fingerprint density at radius 3 is 2.77 bits per heavy atom. The summed E-state index contributed by atoms with van der Waals surface area (Å²) in [7, 11) is 1.54. The number of hydrogen-bond donors (Lipinski definition) is 2. The molecule has 138 valence electrons. The number of carbonyl (C=O) groups excluding carboxylic acids is 1. The lowest BCUT2D eigenvalue weighted by Gasteiger charge is -2.20. The molecule has 1 heterocycles. The van der Waals surface area contributed by atoms with E-state index in [1.165, 1.54) is 25.3 Å². The molecule has 1 aromatic carbocycles. The Bertz CT molecular complexity index is 838.